The normalized spacial score (nSPS) is 11.4. The van der Waals surface area contributed by atoms with Gasteiger partial charge in [0.15, 0.2) is 0 Å². The van der Waals surface area contributed by atoms with Gasteiger partial charge in [-0.3, -0.25) is 5.41 Å². The minimum absolute atomic E-state index is 0.00659. The molecule has 17 heavy (non-hydrogen) atoms. The van der Waals surface area contributed by atoms with Crippen LogP contribution in [0.2, 0.25) is 5.02 Å². The van der Waals surface area contributed by atoms with E-state index in [1.165, 1.54) is 0 Å². The molecule has 1 aromatic rings. The molecule has 0 aromatic heterocycles. The van der Waals surface area contributed by atoms with Crippen molar-refractivity contribution in [2.45, 2.75) is 19.4 Å². The number of nitrogens with one attached hydrogen (secondary N) is 1. The van der Waals surface area contributed by atoms with Crippen LogP contribution in [-0.2, 0) is 0 Å². The molecule has 0 aliphatic carbocycles. The molecule has 0 bridgehead atoms. The van der Waals surface area contributed by atoms with Gasteiger partial charge in [0.25, 0.3) is 0 Å². The second kappa shape index (κ2) is 4.94. The number of hydrogen-bond acceptors (Lipinski definition) is 3. The summed E-state index contributed by atoms with van der Waals surface area (Å²) in [5, 5.41) is 17.4. The fourth-order valence-corrected chi connectivity index (χ4v) is 1.76. The van der Waals surface area contributed by atoms with Crippen LogP contribution in [0.5, 0.6) is 0 Å². The van der Waals surface area contributed by atoms with Gasteiger partial charge in [-0.25, -0.2) is 0 Å². The first-order valence-electron chi connectivity index (χ1n) is 5.29. The van der Waals surface area contributed by atoms with Gasteiger partial charge in [0.1, 0.15) is 5.84 Å². The van der Waals surface area contributed by atoms with Gasteiger partial charge in [-0.1, -0.05) is 17.7 Å². The maximum absolute atomic E-state index is 9.36. The average Bonchev–Trinajstić information content (AvgIpc) is 2.27. The SMILES string of the molecule is CN(c1cccc(Cl)c1C(=N)N)C(C)(C)CO. The monoisotopic (exact) mass is 255 g/mol. The lowest BCUT2D eigenvalue weighted by Crippen LogP contribution is -2.45. The Bertz CT molecular complexity index is 432. The smallest absolute Gasteiger partial charge is 0.126 e. The van der Waals surface area contributed by atoms with Gasteiger partial charge < -0.3 is 15.7 Å². The van der Waals surface area contributed by atoms with E-state index < -0.39 is 5.54 Å². The van der Waals surface area contributed by atoms with E-state index in [1.54, 1.807) is 12.1 Å². The number of benzene rings is 1. The van der Waals surface area contributed by atoms with Crippen molar-refractivity contribution < 1.29 is 5.11 Å². The van der Waals surface area contributed by atoms with Gasteiger partial charge in [0.2, 0.25) is 0 Å². The number of amidine groups is 1. The standard InChI is InChI=1S/C12H18ClN3O/c1-12(2,7-17)16(3)9-6-4-5-8(13)10(9)11(14)15/h4-6,17H,7H2,1-3H3,(H3,14,15). The van der Waals surface area contributed by atoms with Crippen molar-refractivity contribution in [3.05, 3.63) is 28.8 Å². The van der Waals surface area contributed by atoms with Crippen molar-refractivity contribution in [1.29, 1.82) is 5.41 Å². The van der Waals surface area contributed by atoms with E-state index in [1.807, 2.05) is 31.9 Å². The highest BCUT2D eigenvalue weighted by molar-refractivity contribution is 6.34. The van der Waals surface area contributed by atoms with Gasteiger partial charge in [0, 0.05) is 12.7 Å². The van der Waals surface area contributed by atoms with Crippen LogP contribution in [0.1, 0.15) is 19.4 Å². The number of anilines is 1. The molecule has 1 aromatic carbocycles. The van der Waals surface area contributed by atoms with E-state index in [4.69, 9.17) is 22.7 Å². The van der Waals surface area contributed by atoms with Crippen molar-refractivity contribution >= 4 is 23.1 Å². The van der Waals surface area contributed by atoms with Crippen molar-refractivity contribution in [3.63, 3.8) is 0 Å². The summed E-state index contributed by atoms with van der Waals surface area (Å²) < 4.78 is 0. The lowest BCUT2D eigenvalue weighted by atomic mass is 10.0. The molecule has 0 amide bonds. The summed E-state index contributed by atoms with van der Waals surface area (Å²) in [4.78, 5) is 1.87. The van der Waals surface area contributed by atoms with Crippen LogP contribution < -0.4 is 10.6 Å². The molecule has 94 valence electrons. The molecular weight excluding hydrogens is 238 g/mol. The molecular formula is C12H18ClN3O. The third-order valence-corrected chi connectivity index (χ3v) is 3.23. The molecule has 0 aliphatic heterocycles. The van der Waals surface area contributed by atoms with Crippen LogP contribution in [0.25, 0.3) is 0 Å². The van der Waals surface area contributed by atoms with Crippen molar-refractivity contribution in [2.75, 3.05) is 18.6 Å². The lowest BCUT2D eigenvalue weighted by molar-refractivity contribution is 0.216. The largest absolute Gasteiger partial charge is 0.394 e. The summed E-state index contributed by atoms with van der Waals surface area (Å²) in [7, 11) is 1.84. The minimum Gasteiger partial charge on any atom is -0.394 e. The Hall–Kier alpha value is -1.26. The first-order valence-corrected chi connectivity index (χ1v) is 5.66. The summed E-state index contributed by atoms with van der Waals surface area (Å²) in [6.45, 7) is 3.79. The molecule has 0 unspecified atom stereocenters. The molecule has 4 N–H and O–H groups in total. The Labute approximate surface area is 107 Å². The van der Waals surface area contributed by atoms with E-state index in [0.29, 0.717) is 10.6 Å². The van der Waals surface area contributed by atoms with Gasteiger partial charge in [-0.2, -0.15) is 0 Å². The molecule has 1 rings (SSSR count). The third-order valence-electron chi connectivity index (χ3n) is 2.92. The predicted octanol–water partition coefficient (Wildman–Crippen LogP) is 1.83. The number of nitrogens with zero attached hydrogens (tertiary/aromatic N) is 1. The highest BCUT2D eigenvalue weighted by Gasteiger charge is 2.25. The van der Waals surface area contributed by atoms with Crippen molar-refractivity contribution in [1.82, 2.24) is 0 Å². The van der Waals surface area contributed by atoms with Crippen LogP contribution in [-0.4, -0.2) is 30.1 Å². The highest BCUT2D eigenvalue weighted by atomic mass is 35.5. The van der Waals surface area contributed by atoms with Gasteiger partial charge in [0.05, 0.1) is 22.7 Å². The fraction of sp³-hybridized carbons (Fsp3) is 0.417. The number of aliphatic hydroxyl groups is 1. The predicted molar refractivity (Wildman–Crippen MR) is 72.0 cm³/mol. The van der Waals surface area contributed by atoms with Crippen LogP contribution in [0, 0.1) is 5.41 Å². The van der Waals surface area contributed by atoms with E-state index in [9.17, 15) is 5.11 Å². The van der Waals surface area contributed by atoms with Gasteiger partial charge in [-0.15, -0.1) is 0 Å². The Morgan fingerprint density at radius 3 is 2.59 bits per heavy atom. The number of hydrogen-bond donors (Lipinski definition) is 3. The van der Waals surface area contributed by atoms with Crippen LogP contribution in [0.15, 0.2) is 18.2 Å². The Kier molecular flexibility index (Phi) is 4.01. The number of aliphatic hydroxyl groups excluding tert-OH is 1. The maximum Gasteiger partial charge on any atom is 0.126 e. The molecule has 0 saturated heterocycles. The highest BCUT2D eigenvalue weighted by Crippen LogP contribution is 2.30. The average molecular weight is 256 g/mol. The number of nitrogen functional groups attached to an aromatic ring is 1. The molecule has 0 atom stereocenters. The van der Waals surface area contributed by atoms with E-state index in [2.05, 4.69) is 0 Å². The minimum atomic E-state index is -0.450. The summed E-state index contributed by atoms with van der Waals surface area (Å²) in [5.74, 6) is -0.0776. The maximum atomic E-state index is 9.36. The summed E-state index contributed by atoms with van der Waals surface area (Å²) in [5.41, 5.74) is 6.34. The molecule has 0 radical (unpaired) electrons. The van der Waals surface area contributed by atoms with Crippen LogP contribution >= 0.6 is 11.6 Å². The van der Waals surface area contributed by atoms with E-state index >= 15 is 0 Å². The second-order valence-electron chi connectivity index (χ2n) is 4.58. The number of likely N-dealkylation sites (N-methyl/N-ethyl adjacent to an activating group) is 1. The zero-order valence-corrected chi connectivity index (χ0v) is 11.0. The topological polar surface area (TPSA) is 73.3 Å². The van der Waals surface area contributed by atoms with E-state index in [0.717, 1.165) is 5.69 Å². The molecule has 0 fully saturated rings. The molecule has 0 aliphatic rings. The van der Waals surface area contributed by atoms with Gasteiger partial charge in [-0.05, 0) is 26.0 Å². The number of nitrogens with two attached hydrogens (primary N) is 1. The summed E-state index contributed by atoms with van der Waals surface area (Å²) in [6.07, 6.45) is 0. The van der Waals surface area contributed by atoms with Crippen LogP contribution in [0.4, 0.5) is 5.69 Å². The quantitative estimate of drug-likeness (QED) is 0.568. The lowest BCUT2D eigenvalue weighted by Gasteiger charge is -2.37. The molecule has 0 spiro atoms. The fourth-order valence-electron chi connectivity index (χ4n) is 1.49. The molecule has 5 heteroatoms. The number of halogens is 1. The zero-order chi connectivity index (χ0) is 13.2. The van der Waals surface area contributed by atoms with E-state index in [-0.39, 0.29) is 12.4 Å². The Morgan fingerprint density at radius 1 is 1.53 bits per heavy atom. The van der Waals surface area contributed by atoms with Gasteiger partial charge >= 0.3 is 0 Å². The third kappa shape index (κ3) is 2.70. The number of rotatable bonds is 4. The van der Waals surface area contributed by atoms with Crippen molar-refractivity contribution in [2.24, 2.45) is 5.73 Å². The zero-order valence-electron chi connectivity index (χ0n) is 10.3. The molecule has 0 heterocycles. The Morgan fingerprint density at radius 2 is 2.12 bits per heavy atom. The second-order valence-corrected chi connectivity index (χ2v) is 4.98. The first kappa shape index (κ1) is 13.8. The summed E-state index contributed by atoms with van der Waals surface area (Å²) >= 11 is 6.05. The summed E-state index contributed by atoms with van der Waals surface area (Å²) in [6, 6.07) is 5.33. The van der Waals surface area contributed by atoms with Crippen molar-refractivity contribution in [3.8, 4) is 0 Å². The first-order chi connectivity index (χ1) is 7.81. The molecule has 4 nitrogen and oxygen atoms in total. The van der Waals surface area contributed by atoms with Crippen LogP contribution in [0.3, 0.4) is 0 Å². The molecule has 0 saturated carbocycles. The Balaban J connectivity index is 3.32.